The third-order valence-corrected chi connectivity index (χ3v) is 2.85. The summed E-state index contributed by atoms with van der Waals surface area (Å²) in [6.07, 6.45) is 0.567. The number of aryl methyl sites for hydroxylation is 1. The lowest BCUT2D eigenvalue weighted by Gasteiger charge is -2.08. The number of ether oxygens (including phenoxy) is 1. The summed E-state index contributed by atoms with van der Waals surface area (Å²) >= 11 is 3.24. The Bertz CT molecular complexity index is 427. The topological polar surface area (TPSA) is 43.4 Å². The Kier molecular flexibility index (Phi) is 5.35. The lowest BCUT2D eigenvalue weighted by molar-refractivity contribution is -0.139. The molecule has 1 aromatic carbocycles. The summed E-state index contributed by atoms with van der Waals surface area (Å²) in [5.74, 6) is -0.286. The van der Waals surface area contributed by atoms with E-state index in [1.807, 2.05) is 25.1 Å². The molecule has 0 N–H and O–H groups in total. The molecule has 0 aliphatic heterocycles. The van der Waals surface area contributed by atoms with Crippen LogP contribution in [0, 0.1) is 6.92 Å². The second-order valence-electron chi connectivity index (χ2n) is 3.78. The SMILES string of the molecule is COC(=O)Cc1ccc(C)cc1C(=O)CCBr. The van der Waals surface area contributed by atoms with Crippen molar-refractivity contribution in [2.45, 2.75) is 19.8 Å². The third kappa shape index (κ3) is 3.97. The molecule has 0 radical (unpaired) electrons. The minimum atomic E-state index is -0.332. The van der Waals surface area contributed by atoms with Crippen LogP contribution in [0.2, 0.25) is 0 Å². The predicted molar refractivity (Wildman–Crippen MR) is 69.6 cm³/mol. The smallest absolute Gasteiger partial charge is 0.310 e. The maximum absolute atomic E-state index is 11.9. The van der Waals surface area contributed by atoms with Gasteiger partial charge >= 0.3 is 5.97 Å². The lowest BCUT2D eigenvalue weighted by Crippen LogP contribution is -2.10. The van der Waals surface area contributed by atoms with E-state index in [0.29, 0.717) is 17.3 Å². The Balaban J connectivity index is 3.03. The minimum Gasteiger partial charge on any atom is -0.469 e. The molecule has 0 aliphatic carbocycles. The second kappa shape index (κ2) is 6.55. The van der Waals surface area contributed by atoms with Crippen molar-refractivity contribution in [3.63, 3.8) is 0 Å². The van der Waals surface area contributed by atoms with E-state index in [4.69, 9.17) is 0 Å². The van der Waals surface area contributed by atoms with E-state index < -0.39 is 0 Å². The van der Waals surface area contributed by atoms with E-state index in [1.54, 1.807) is 0 Å². The molecule has 17 heavy (non-hydrogen) atoms. The largest absolute Gasteiger partial charge is 0.469 e. The van der Waals surface area contributed by atoms with Gasteiger partial charge in [-0.25, -0.2) is 0 Å². The molecule has 1 rings (SSSR count). The van der Waals surface area contributed by atoms with E-state index >= 15 is 0 Å². The number of methoxy groups -OCH3 is 1. The van der Waals surface area contributed by atoms with Crippen LogP contribution in [-0.2, 0) is 16.0 Å². The van der Waals surface area contributed by atoms with Crippen LogP contribution in [0.25, 0.3) is 0 Å². The first-order valence-electron chi connectivity index (χ1n) is 5.34. The number of carbonyl (C=O) groups is 2. The zero-order chi connectivity index (χ0) is 12.8. The Labute approximate surface area is 109 Å². The number of rotatable bonds is 5. The highest BCUT2D eigenvalue weighted by molar-refractivity contribution is 9.09. The fourth-order valence-electron chi connectivity index (χ4n) is 1.55. The lowest BCUT2D eigenvalue weighted by atomic mass is 9.97. The van der Waals surface area contributed by atoms with Crippen LogP contribution in [0.5, 0.6) is 0 Å². The summed E-state index contributed by atoms with van der Waals surface area (Å²) in [6.45, 7) is 1.92. The van der Waals surface area contributed by atoms with Crippen LogP contribution in [0.4, 0.5) is 0 Å². The van der Waals surface area contributed by atoms with Gasteiger partial charge in [0.2, 0.25) is 0 Å². The van der Waals surface area contributed by atoms with Gasteiger partial charge in [0.25, 0.3) is 0 Å². The van der Waals surface area contributed by atoms with Gasteiger partial charge in [0, 0.05) is 17.3 Å². The normalized spacial score (nSPS) is 10.1. The van der Waals surface area contributed by atoms with E-state index in [9.17, 15) is 9.59 Å². The Morgan fingerprint density at radius 3 is 2.65 bits per heavy atom. The number of ketones is 1. The molecule has 1 aromatic rings. The van der Waals surface area contributed by atoms with Crippen molar-refractivity contribution in [1.82, 2.24) is 0 Å². The number of alkyl halides is 1. The van der Waals surface area contributed by atoms with Gasteiger partial charge in [0.15, 0.2) is 5.78 Å². The fourth-order valence-corrected chi connectivity index (χ4v) is 1.91. The summed E-state index contributed by atoms with van der Waals surface area (Å²) in [5, 5.41) is 0.622. The zero-order valence-corrected chi connectivity index (χ0v) is 11.5. The van der Waals surface area contributed by atoms with E-state index in [-0.39, 0.29) is 18.2 Å². The molecule has 0 fully saturated rings. The summed E-state index contributed by atoms with van der Waals surface area (Å²) in [7, 11) is 1.34. The molecule has 0 saturated heterocycles. The van der Waals surface area contributed by atoms with Gasteiger partial charge in [0.05, 0.1) is 13.5 Å². The van der Waals surface area contributed by atoms with Crippen LogP contribution >= 0.6 is 15.9 Å². The quantitative estimate of drug-likeness (QED) is 0.477. The van der Waals surface area contributed by atoms with Crippen LogP contribution in [0.1, 0.15) is 27.9 Å². The van der Waals surface area contributed by atoms with E-state index in [1.165, 1.54) is 7.11 Å². The van der Waals surface area contributed by atoms with E-state index in [2.05, 4.69) is 20.7 Å². The van der Waals surface area contributed by atoms with Gasteiger partial charge in [-0.3, -0.25) is 9.59 Å². The number of hydrogen-bond acceptors (Lipinski definition) is 3. The summed E-state index contributed by atoms with van der Waals surface area (Å²) < 4.78 is 4.62. The first-order chi connectivity index (χ1) is 8.08. The van der Waals surface area contributed by atoms with Crippen LogP contribution in [-0.4, -0.2) is 24.2 Å². The zero-order valence-electron chi connectivity index (χ0n) is 9.96. The first kappa shape index (κ1) is 13.9. The molecule has 0 aromatic heterocycles. The third-order valence-electron chi connectivity index (χ3n) is 2.45. The highest BCUT2D eigenvalue weighted by atomic mass is 79.9. The molecule has 0 bridgehead atoms. The number of halogens is 1. The molecule has 0 amide bonds. The number of hydrogen-bond donors (Lipinski definition) is 0. The Morgan fingerprint density at radius 1 is 1.35 bits per heavy atom. The average Bonchev–Trinajstić information content (AvgIpc) is 2.31. The molecular weight excluding hydrogens is 284 g/mol. The fraction of sp³-hybridized carbons (Fsp3) is 0.385. The predicted octanol–water partition coefficient (Wildman–Crippen LogP) is 2.68. The minimum absolute atomic E-state index is 0.0458. The van der Waals surface area contributed by atoms with Crippen LogP contribution < -0.4 is 0 Å². The van der Waals surface area contributed by atoms with Crippen molar-refractivity contribution in [2.24, 2.45) is 0 Å². The molecular formula is C13H15BrO3. The van der Waals surface area contributed by atoms with Crippen molar-refractivity contribution in [3.8, 4) is 0 Å². The van der Waals surface area contributed by atoms with Gasteiger partial charge in [0.1, 0.15) is 0 Å². The van der Waals surface area contributed by atoms with Gasteiger partial charge in [-0.1, -0.05) is 33.6 Å². The number of esters is 1. The highest BCUT2D eigenvalue weighted by Gasteiger charge is 2.14. The molecule has 4 heteroatoms. The molecule has 0 spiro atoms. The maximum atomic E-state index is 11.9. The molecule has 0 aliphatic rings. The summed E-state index contributed by atoms with van der Waals surface area (Å²) in [4.78, 5) is 23.2. The molecule has 3 nitrogen and oxygen atoms in total. The van der Waals surface area contributed by atoms with Crippen molar-refractivity contribution >= 4 is 27.7 Å². The highest BCUT2D eigenvalue weighted by Crippen LogP contribution is 2.15. The first-order valence-corrected chi connectivity index (χ1v) is 6.46. The number of carbonyl (C=O) groups excluding carboxylic acids is 2. The van der Waals surface area contributed by atoms with Crippen LogP contribution in [0.15, 0.2) is 18.2 Å². The van der Waals surface area contributed by atoms with Gasteiger partial charge in [-0.15, -0.1) is 0 Å². The van der Waals surface area contributed by atoms with Gasteiger partial charge < -0.3 is 4.74 Å². The van der Waals surface area contributed by atoms with Gasteiger partial charge in [-0.2, -0.15) is 0 Å². The Hall–Kier alpha value is -1.16. The number of benzene rings is 1. The van der Waals surface area contributed by atoms with Crippen molar-refractivity contribution < 1.29 is 14.3 Å². The van der Waals surface area contributed by atoms with Crippen LogP contribution in [0.3, 0.4) is 0 Å². The molecule has 0 unspecified atom stereocenters. The average molecular weight is 299 g/mol. The van der Waals surface area contributed by atoms with Crippen molar-refractivity contribution in [2.75, 3.05) is 12.4 Å². The van der Waals surface area contributed by atoms with Crippen molar-refractivity contribution in [3.05, 3.63) is 34.9 Å². The molecule has 0 atom stereocenters. The maximum Gasteiger partial charge on any atom is 0.310 e. The van der Waals surface area contributed by atoms with E-state index in [0.717, 1.165) is 11.1 Å². The van der Waals surface area contributed by atoms with Crippen molar-refractivity contribution in [1.29, 1.82) is 0 Å². The monoisotopic (exact) mass is 298 g/mol. The second-order valence-corrected chi connectivity index (χ2v) is 4.57. The standard InChI is InChI=1S/C13H15BrO3/c1-9-3-4-10(8-13(16)17-2)11(7-9)12(15)5-6-14/h3-4,7H,5-6,8H2,1-2H3. The number of Topliss-reactive ketones (excluding diaryl/α,β-unsaturated/α-hetero) is 1. The molecule has 0 heterocycles. The summed E-state index contributed by atoms with van der Waals surface area (Å²) in [6, 6.07) is 5.53. The molecule has 0 saturated carbocycles. The Morgan fingerprint density at radius 2 is 2.06 bits per heavy atom. The van der Waals surface area contributed by atoms with Gasteiger partial charge in [-0.05, 0) is 18.6 Å². The summed E-state index contributed by atoms with van der Waals surface area (Å²) in [5.41, 5.74) is 2.36. The molecule has 92 valence electrons.